The van der Waals surface area contributed by atoms with Gasteiger partial charge in [-0.3, -0.25) is 4.79 Å². The maximum atomic E-state index is 10.5. The van der Waals surface area contributed by atoms with Crippen LogP contribution in [-0.2, 0) is 4.79 Å². The van der Waals surface area contributed by atoms with Gasteiger partial charge in [-0.2, -0.15) is 0 Å². The number of thioether (sulfide) groups is 1. The Labute approximate surface area is 121 Å². The molecule has 5 nitrogen and oxygen atoms in total. The summed E-state index contributed by atoms with van der Waals surface area (Å²) in [6.45, 7) is 5.46. The van der Waals surface area contributed by atoms with Gasteiger partial charge in [-0.1, -0.05) is 36.9 Å². The molecule has 0 unspecified atom stereocenters. The summed E-state index contributed by atoms with van der Waals surface area (Å²) in [6, 6.07) is 0.615. The summed E-state index contributed by atoms with van der Waals surface area (Å²) in [7, 11) is 0. The van der Waals surface area contributed by atoms with E-state index in [1.807, 2.05) is 0 Å². The van der Waals surface area contributed by atoms with Gasteiger partial charge >= 0.3 is 5.97 Å². The molecule has 1 fully saturated rings. The fourth-order valence-corrected chi connectivity index (χ4v) is 3.38. The van der Waals surface area contributed by atoms with Crippen molar-refractivity contribution in [3.8, 4) is 0 Å². The van der Waals surface area contributed by atoms with Crippen molar-refractivity contribution in [2.24, 2.45) is 5.92 Å². The van der Waals surface area contributed by atoms with Crippen LogP contribution in [0.2, 0.25) is 0 Å². The highest BCUT2D eigenvalue weighted by atomic mass is 32.2. The van der Waals surface area contributed by atoms with E-state index >= 15 is 0 Å². The maximum Gasteiger partial charge on any atom is 0.313 e. The molecule has 0 atom stereocenters. The SMILES string of the molecule is CC(C)CCN(c1nnc(SCC(=O)O)s1)C1CC1. The van der Waals surface area contributed by atoms with Crippen LogP contribution in [0.1, 0.15) is 33.1 Å². The second-order valence-corrected chi connectivity index (χ2v) is 7.32. The second-order valence-electron chi connectivity index (χ2n) is 5.14. The largest absolute Gasteiger partial charge is 0.481 e. The van der Waals surface area contributed by atoms with Crippen LogP contribution in [-0.4, -0.2) is 39.6 Å². The Morgan fingerprint density at radius 2 is 2.26 bits per heavy atom. The van der Waals surface area contributed by atoms with Crippen molar-refractivity contribution < 1.29 is 9.90 Å². The van der Waals surface area contributed by atoms with Crippen LogP contribution in [0, 0.1) is 5.92 Å². The molecule has 1 aromatic heterocycles. The van der Waals surface area contributed by atoms with Gasteiger partial charge in [-0.05, 0) is 25.2 Å². The van der Waals surface area contributed by atoms with Gasteiger partial charge in [0.15, 0.2) is 4.34 Å². The minimum absolute atomic E-state index is 0.0457. The number of hydrogen-bond acceptors (Lipinski definition) is 6. The van der Waals surface area contributed by atoms with Crippen LogP contribution in [0.5, 0.6) is 0 Å². The molecule has 0 aliphatic heterocycles. The molecule has 7 heteroatoms. The van der Waals surface area contributed by atoms with Crippen LogP contribution < -0.4 is 4.90 Å². The Kier molecular flexibility index (Phi) is 5.04. The molecule has 19 heavy (non-hydrogen) atoms. The summed E-state index contributed by atoms with van der Waals surface area (Å²) < 4.78 is 0.743. The fourth-order valence-electron chi connectivity index (χ4n) is 1.72. The van der Waals surface area contributed by atoms with Crippen LogP contribution in [0.4, 0.5) is 5.13 Å². The summed E-state index contributed by atoms with van der Waals surface area (Å²) in [6.07, 6.45) is 3.61. The smallest absolute Gasteiger partial charge is 0.313 e. The minimum Gasteiger partial charge on any atom is -0.481 e. The van der Waals surface area contributed by atoms with Crippen LogP contribution in [0.3, 0.4) is 0 Å². The average molecular weight is 301 g/mol. The first-order valence-electron chi connectivity index (χ1n) is 6.51. The van der Waals surface area contributed by atoms with Gasteiger partial charge in [0.2, 0.25) is 5.13 Å². The third-order valence-corrected chi connectivity index (χ3v) is 4.97. The zero-order valence-corrected chi connectivity index (χ0v) is 12.8. The predicted octanol–water partition coefficient (Wildman–Crippen LogP) is 2.73. The Bertz CT molecular complexity index is 432. The Balaban J connectivity index is 1.95. The topological polar surface area (TPSA) is 66.3 Å². The normalized spacial score (nSPS) is 14.9. The van der Waals surface area contributed by atoms with E-state index in [2.05, 4.69) is 28.9 Å². The van der Waals surface area contributed by atoms with E-state index in [0.29, 0.717) is 12.0 Å². The molecule has 0 aromatic carbocycles. The lowest BCUT2D eigenvalue weighted by atomic mass is 10.1. The number of nitrogens with zero attached hydrogens (tertiary/aromatic N) is 3. The number of rotatable bonds is 8. The van der Waals surface area contributed by atoms with E-state index in [9.17, 15) is 4.79 Å². The zero-order chi connectivity index (χ0) is 13.8. The van der Waals surface area contributed by atoms with Crippen molar-refractivity contribution >= 4 is 34.2 Å². The maximum absolute atomic E-state index is 10.5. The molecule has 0 spiro atoms. The standard InChI is InChI=1S/C12H19N3O2S2/c1-8(2)5-6-15(9-3-4-9)11-13-14-12(19-11)18-7-10(16)17/h8-9H,3-7H2,1-2H3,(H,16,17). The molecular weight excluding hydrogens is 282 g/mol. The molecule has 0 saturated heterocycles. The first kappa shape index (κ1) is 14.6. The number of hydrogen-bond donors (Lipinski definition) is 1. The quantitative estimate of drug-likeness (QED) is 0.745. The summed E-state index contributed by atoms with van der Waals surface area (Å²) >= 11 is 2.75. The number of carboxylic acid groups (broad SMARTS) is 1. The highest BCUT2D eigenvalue weighted by Crippen LogP contribution is 2.35. The minimum atomic E-state index is -0.819. The molecule has 2 rings (SSSR count). The second kappa shape index (κ2) is 6.56. The van der Waals surface area contributed by atoms with Crippen LogP contribution in [0.15, 0.2) is 4.34 Å². The van der Waals surface area contributed by atoms with Crippen molar-refractivity contribution in [1.82, 2.24) is 10.2 Å². The van der Waals surface area contributed by atoms with Gasteiger partial charge < -0.3 is 10.0 Å². The molecule has 1 aromatic rings. The summed E-state index contributed by atoms with van der Waals surface area (Å²) in [5.41, 5.74) is 0. The van der Waals surface area contributed by atoms with Crippen molar-refractivity contribution in [1.29, 1.82) is 0 Å². The van der Waals surface area contributed by atoms with Gasteiger partial charge in [0.05, 0.1) is 5.75 Å². The molecule has 1 N–H and O–H groups in total. The monoisotopic (exact) mass is 301 g/mol. The first-order chi connectivity index (χ1) is 9.06. The molecule has 106 valence electrons. The van der Waals surface area contributed by atoms with E-state index in [1.54, 1.807) is 0 Å². The van der Waals surface area contributed by atoms with Crippen molar-refractivity contribution in [3.63, 3.8) is 0 Å². The fraction of sp³-hybridized carbons (Fsp3) is 0.750. The van der Waals surface area contributed by atoms with Crippen LogP contribution >= 0.6 is 23.1 Å². The molecule has 1 heterocycles. The summed E-state index contributed by atoms with van der Waals surface area (Å²) in [4.78, 5) is 12.9. The van der Waals surface area contributed by atoms with Crippen molar-refractivity contribution in [2.75, 3.05) is 17.2 Å². The number of aliphatic carboxylic acids is 1. The average Bonchev–Trinajstić information content (AvgIpc) is 3.05. The number of anilines is 1. The lowest BCUT2D eigenvalue weighted by Crippen LogP contribution is -2.27. The lowest BCUT2D eigenvalue weighted by Gasteiger charge is -2.21. The van der Waals surface area contributed by atoms with E-state index in [0.717, 1.165) is 22.4 Å². The zero-order valence-electron chi connectivity index (χ0n) is 11.2. The number of carboxylic acids is 1. The van der Waals surface area contributed by atoms with Crippen molar-refractivity contribution in [2.45, 2.75) is 43.5 Å². The molecular formula is C12H19N3O2S2. The molecule has 0 radical (unpaired) electrons. The Morgan fingerprint density at radius 3 is 2.84 bits per heavy atom. The Hall–Kier alpha value is -0.820. The molecule has 1 saturated carbocycles. The number of aromatic nitrogens is 2. The van der Waals surface area contributed by atoms with Gasteiger partial charge in [0.1, 0.15) is 0 Å². The summed E-state index contributed by atoms with van der Waals surface area (Å²) in [5, 5.41) is 17.9. The van der Waals surface area contributed by atoms with E-state index < -0.39 is 5.97 Å². The van der Waals surface area contributed by atoms with Gasteiger partial charge in [-0.25, -0.2) is 0 Å². The molecule has 1 aliphatic rings. The first-order valence-corrected chi connectivity index (χ1v) is 8.31. The third kappa shape index (κ3) is 4.65. The van der Waals surface area contributed by atoms with Gasteiger partial charge in [0.25, 0.3) is 0 Å². The molecule has 1 aliphatic carbocycles. The summed E-state index contributed by atoms with van der Waals surface area (Å²) in [5.74, 6) is -0.0972. The van der Waals surface area contributed by atoms with E-state index in [-0.39, 0.29) is 5.75 Å². The predicted molar refractivity (Wildman–Crippen MR) is 78.1 cm³/mol. The third-order valence-electron chi connectivity index (χ3n) is 2.90. The molecule has 0 bridgehead atoms. The van der Waals surface area contributed by atoms with Gasteiger partial charge in [0, 0.05) is 12.6 Å². The van der Waals surface area contributed by atoms with Crippen LogP contribution in [0.25, 0.3) is 0 Å². The highest BCUT2D eigenvalue weighted by molar-refractivity contribution is 8.01. The molecule has 0 amide bonds. The highest BCUT2D eigenvalue weighted by Gasteiger charge is 2.31. The van der Waals surface area contributed by atoms with Gasteiger partial charge in [-0.15, -0.1) is 10.2 Å². The van der Waals surface area contributed by atoms with E-state index in [4.69, 9.17) is 5.11 Å². The Morgan fingerprint density at radius 1 is 1.53 bits per heavy atom. The van der Waals surface area contributed by atoms with E-state index in [1.165, 1.54) is 35.9 Å². The number of carbonyl (C=O) groups is 1. The lowest BCUT2D eigenvalue weighted by molar-refractivity contribution is -0.133. The van der Waals surface area contributed by atoms with Crippen molar-refractivity contribution in [3.05, 3.63) is 0 Å².